The Hall–Kier alpha value is -3.26. The van der Waals surface area contributed by atoms with Crippen LogP contribution in [0.25, 0.3) is 10.4 Å². The van der Waals surface area contributed by atoms with Crippen LogP contribution in [0.3, 0.4) is 0 Å². The first kappa shape index (κ1) is 25.4. The highest BCUT2D eigenvalue weighted by molar-refractivity contribution is 7.13. The molecule has 0 radical (unpaired) electrons. The van der Waals surface area contributed by atoms with Crippen molar-refractivity contribution in [2.24, 2.45) is 5.92 Å². The van der Waals surface area contributed by atoms with Crippen LogP contribution in [-0.2, 0) is 9.59 Å². The molecule has 180 valence electrons. The number of pyridine rings is 2. The molecule has 34 heavy (non-hydrogen) atoms. The van der Waals surface area contributed by atoms with Crippen LogP contribution in [0.2, 0.25) is 0 Å². The smallest absolute Gasteiger partial charge is 0.305 e. The average Bonchev–Trinajstić information content (AvgIpc) is 3.21. The largest absolute Gasteiger partial charge is 0.481 e. The summed E-state index contributed by atoms with van der Waals surface area (Å²) in [5, 5.41) is 14.3. The Kier molecular flexibility index (Phi) is 8.04. The van der Waals surface area contributed by atoms with Crippen LogP contribution in [0.4, 0.5) is 0 Å². The van der Waals surface area contributed by atoms with Crippen LogP contribution in [-0.4, -0.2) is 26.5 Å². The fraction of sp³-hybridized carbons (Fsp3) is 0.385. The number of hydrogen-bond donors (Lipinski definition) is 2. The Morgan fingerprint density at radius 3 is 2.41 bits per heavy atom. The maximum absolute atomic E-state index is 13.4. The number of aliphatic carboxylic acids is 1. The van der Waals surface area contributed by atoms with Gasteiger partial charge in [-0.3, -0.25) is 19.4 Å². The lowest BCUT2D eigenvalue weighted by molar-refractivity contribution is -0.138. The second-order valence-electron chi connectivity index (χ2n) is 9.15. The molecule has 2 N–H and O–H groups in total. The van der Waals surface area contributed by atoms with Crippen LogP contribution in [0.15, 0.2) is 47.0 Å². The summed E-state index contributed by atoms with van der Waals surface area (Å²) in [5.41, 5.74) is 4.42. The van der Waals surface area contributed by atoms with E-state index in [-0.39, 0.29) is 23.8 Å². The molecule has 0 saturated carbocycles. The number of carboxylic acid groups (broad SMARTS) is 1. The molecule has 3 aromatic heterocycles. The molecule has 2 atom stereocenters. The van der Waals surface area contributed by atoms with Crippen molar-refractivity contribution >= 4 is 23.2 Å². The Labute approximate surface area is 203 Å². The van der Waals surface area contributed by atoms with Gasteiger partial charge in [0.2, 0.25) is 5.91 Å². The summed E-state index contributed by atoms with van der Waals surface area (Å²) in [4.78, 5) is 42.9. The van der Waals surface area contributed by atoms with Gasteiger partial charge >= 0.3 is 5.97 Å². The van der Waals surface area contributed by atoms with E-state index in [9.17, 15) is 19.5 Å². The Morgan fingerprint density at radius 2 is 1.82 bits per heavy atom. The number of carbonyl (C=O) groups excluding carboxylic acids is 1. The molecule has 0 spiro atoms. The summed E-state index contributed by atoms with van der Waals surface area (Å²) in [5.74, 6) is -1.22. The van der Waals surface area contributed by atoms with E-state index in [0.29, 0.717) is 6.42 Å². The number of nitrogens with zero attached hydrogens (tertiary/aromatic N) is 2. The quantitative estimate of drug-likeness (QED) is 0.456. The van der Waals surface area contributed by atoms with Crippen molar-refractivity contribution in [3.8, 4) is 10.4 Å². The summed E-state index contributed by atoms with van der Waals surface area (Å²) in [6.45, 7) is 9.77. The zero-order valence-corrected chi connectivity index (χ0v) is 21.0. The van der Waals surface area contributed by atoms with Crippen LogP contribution < -0.4 is 10.9 Å². The zero-order valence-electron chi connectivity index (χ0n) is 20.2. The Balaban J connectivity index is 1.94. The van der Waals surface area contributed by atoms with E-state index in [2.05, 4.69) is 10.3 Å². The van der Waals surface area contributed by atoms with Crippen molar-refractivity contribution in [3.05, 3.63) is 74.8 Å². The number of hydrogen-bond acceptors (Lipinski definition) is 5. The standard InChI is InChI=1S/C26H31N3O4S/c1-15(2)8-21(29-7-6-16(3)9-23(29)30)26(33)28-20(11-24(31)32)19-10-22(34-14-19)25-17(4)12-27-13-18(25)5/h6-7,9-10,12-15,20-21H,8,11H2,1-5H3,(H,28,33)(H,31,32)/t20-,21+/m0/s1. The lowest BCUT2D eigenvalue weighted by atomic mass is 9.99. The minimum Gasteiger partial charge on any atom is -0.481 e. The van der Waals surface area contributed by atoms with Crippen LogP contribution in [0.5, 0.6) is 0 Å². The van der Waals surface area contributed by atoms with Gasteiger partial charge in [-0.2, -0.15) is 0 Å². The number of rotatable bonds is 9. The third kappa shape index (κ3) is 5.99. The van der Waals surface area contributed by atoms with E-state index < -0.39 is 18.1 Å². The first-order chi connectivity index (χ1) is 16.1. The molecule has 0 aliphatic rings. The van der Waals surface area contributed by atoms with E-state index in [1.807, 2.05) is 46.1 Å². The maximum Gasteiger partial charge on any atom is 0.305 e. The SMILES string of the molecule is Cc1ccn([C@H](CC(C)C)C(=O)N[C@@H](CC(=O)O)c2csc(-c3c(C)cncc3C)c2)c(=O)c1. The Bertz CT molecular complexity index is 1220. The number of carbonyl (C=O) groups is 2. The molecule has 0 aliphatic heterocycles. The average molecular weight is 482 g/mol. The third-order valence-electron chi connectivity index (χ3n) is 5.73. The first-order valence-corrected chi connectivity index (χ1v) is 12.2. The number of aromatic nitrogens is 2. The lowest BCUT2D eigenvalue weighted by Gasteiger charge is -2.24. The number of carboxylic acids is 1. The van der Waals surface area contributed by atoms with Gasteiger partial charge in [0.25, 0.3) is 5.56 Å². The minimum absolute atomic E-state index is 0.160. The fourth-order valence-electron chi connectivity index (χ4n) is 4.09. The van der Waals surface area contributed by atoms with Crippen molar-refractivity contribution in [1.29, 1.82) is 0 Å². The van der Waals surface area contributed by atoms with Gasteiger partial charge in [-0.1, -0.05) is 13.8 Å². The number of nitrogens with one attached hydrogen (secondary N) is 1. The monoisotopic (exact) mass is 481 g/mol. The van der Waals surface area contributed by atoms with Crippen molar-refractivity contribution in [2.45, 2.75) is 59.5 Å². The normalized spacial score (nSPS) is 13.0. The third-order valence-corrected chi connectivity index (χ3v) is 6.69. The topological polar surface area (TPSA) is 101 Å². The molecule has 7 nitrogen and oxygen atoms in total. The molecule has 1 amide bonds. The van der Waals surface area contributed by atoms with Gasteiger partial charge in [-0.05, 0) is 72.9 Å². The minimum atomic E-state index is -1.01. The molecule has 0 saturated heterocycles. The molecule has 0 unspecified atom stereocenters. The number of amides is 1. The van der Waals surface area contributed by atoms with Crippen LogP contribution in [0.1, 0.15) is 61.0 Å². The van der Waals surface area contributed by atoms with E-state index in [0.717, 1.165) is 32.7 Å². The highest BCUT2D eigenvalue weighted by Crippen LogP contribution is 2.35. The second-order valence-corrected chi connectivity index (χ2v) is 10.1. The molecular weight excluding hydrogens is 450 g/mol. The number of thiophene rings is 1. The van der Waals surface area contributed by atoms with Gasteiger partial charge in [-0.15, -0.1) is 11.3 Å². The second kappa shape index (κ2) is 10.8. The van der Waals surface area contributed by atoms with E-state index in [4.69, 9.17) is 0 Å². The fourth-order valence-corrected chi connectivity index (χ4v) is 5.23. The summed E-state index contributed by atoms with van der Waals surface area (Å²) in [6, 6.07) is 3.78. The molecule has 3 heterocycles. The molecule has 0 bridgehead atoms. The zero-order chi connectivity index (χ0) is 25.0. The van der Waals surface area contributed by atoms with E-state index in [1.165, 1.54) is 22.0 Å². The summed E-state index contributed by atoms with van der Waals surface area (Å²) in [7, 11) is 0. The maximum atomic E-state index is 13.4. The highest BCUT2D eigenvalue weighted by atomic mass is 32.1. The predicted octanol–water partition coefficient (Wildman–Crippen LogP) is 4.82. The molecule has 8 heteroatoms. The predicted molar refractivity (Wildman–Crippen MR) is 134 cm³/mol. The lowest BCUT2D eigenvalue weighted by Crippen LogP contribution is -2.40. The molecule has 3 rings (SSSR count). The molecule has 0 aromatic carbocycles. The first-order valence-electron chi connectivity index (χ1n) is 11.3. The van der Waals surface area contributed by atoms with Gasteiger partial charge < -0.3 is 15.0 Å². The number of aryl methyl sites for hydroxylation is 3. The summed E-state index contributed by atoms with van der Waals surface area (Å²) < 4.78 is 1.43. The molecule has 3 aromatic rings. The molecule has 0 aliphatic carbocycles. The molecular formula is C26H31N3O4S. The summed E-state index contributed by atoms with van der Waals surface area (Å²) in [6.07, 6.45) is 5.43. The van der Waals surface area contributed by atoms with Crippen molar-refractivity contribution in [3.63, 3.8) is 0 Å². The van der Waals surface area contributed by atoms with Gasteiger partial charge in [0.1, 0.15) is 6.04 Å². The van der Waals surface area contributed by atoms with Gasteiger partial charge in [0.05, 0.1) is 12.5 Å². The summed E-state index contributed by atoms with van der Waals surface area (Å²) >= 11 is 1.51. The van der Waals surface area contributed by atoms with Gasteiger partial charge in [0.15, 0.2) is 0 Å². The van der Waals surface area contributed by atoms with Crippen molar-refractivity contribution in [2.75, 3.05) is 0 Å². The van der Waals surface area contributed by atoms with Crippen LogP contribution >= 0.6 is 11.3 Å². The highest BCUT2D eigenvalue weighted by Gasteiger charge is 2.27. The van der Waals surface area contributed by atoms with Gasteiger partial charge in [-0.25, -0.2) is 0 Å². The van der Waals surface area contributed by atoms with E-state index in [1.54, 1.807) is 24.7 Å². The van der Waals surface area contributed by atoms with Gasteiger partial charge in [0, 0.05) is 35.1 Å². The Morgan fingerprint density at radius 1 is 1.15 bits per heavy atom. The van der Waals surface area contributed by atoms with Crippen molar-refractivity contribution < 1.29 is 14.7 Å². The molecule has 0 fully saturated rings. The van der Waals surface area contributed by atoms with Crippen LogP contribution in [0, 0.1) is 26.7 Å². The van der Waals surface area contributed by atoms with Crippen molar-refractivity contribution in [1.82, 2.24) is 14.9 Å². The van der Waals surface area contributed by atoms with E-state index >= 15 is 0 Å².